The van der Waals surface area contributed by atoms with Crippen LogP contribution in [0.2, 0.25) is 0 Å². The van der Waals surface area contributed by atoms with Gasteiger partial charge in [-0.25, -0.2) is 0 Å². The fraction of sp³-hybridized carbons (Fsp3) is 0.542. The maximum Gasteiger partial charge on any atom is 0.247 e. The first-order chi connectivity index (χ1) is 16.1. The molecule has 9 nitrogen and oxygen atoms in total. The molecule has 1 aromatic carbocycles. The van der Waals surface area contributed by atoms with Gasteiger partial charge in [0, 0.05) is 31.7 Å². The number of carbonyl (C=O) groups is 2. The predicted octanol–water partition coefficient (Wildman–Crippen LogP) is 2.10. The Kier molecular flexibility index (Phi) is 7.09. The van der Waals surface area contributed by atoms with E-state index in [0.29, 0.717) is 25.3 Å². The van der Waals surface area contributed by atoms with E-state index in [9.17, 15) is 20.1 Å². The molecule has 1 atom stereocenters. The molecule has 0 spiro atoms. The van der Waals surface area contributed by atoms with Gasteiger partial charge in [-0.15, -0.1) is 0 Å². The molecule has 2 amide bonds. The van der Waals surface area contributed by atoms with Crippen molar-refractivity contribution in [2.75, 3.05) is 38.1 Å². The molecular weight excluding hydrogens is 420 g/mol. The number of amides is 2. The van der Waals surface area contributed by atoms with Gasteiger partial charge in [0.2, 0.25) is 11.8 Å². The van der Waals surface area contributed by atoms with Crippen molar-refractivity contribution >= 4 is 23.3 Å². The molecule has 172 valence electrons. The number of carbonyl (C=O) groups excluding carboxylic acids is 2. The number of benzene rings is 1. The largest absolute Gasteiger partial charge is 0.493 e. The number of rotatable bonds is 5. The van der Waals surface area contributed by atoms with Crippen LogP contribution in [0.1, 0.15) is 37.7 Å². The van der Waals surface area contributed by atoms with Crippen molar-refractivity contribution in [3.63, 3.8) is 0 Å². The van der Waals surface area contributed by atoms with E-state index in [1.807, 2.05) is 29.2 Å². The highest BCUT2D eigenvalue weighted by atomic mass is 16.5. The molecule has 0 unspecified atom stereocenters. The number of anilines is 1. The van der Waals surface area contributed by atoms with Crippen LogP contribution in [0.4, 0.5) is 5.69 Å². The zero-order chi connectivity index (χ0) is 23.2. The maximum atomic E-state index is 13.3. The summed E-state index contributed by atoms with van der Waals surface area (Å²) in [5.74, 6) is -0.406. The average molecular weight is 449 g/mol. The first-order valence-electron chi connectivity index (χ1n) is 11.6. The molecule has 0 bridgehead atoms. The van der Waals surface area contributed by atoms with E-state index >= 15 is 0 Å². The van der Waals surface area contributed by atoms with Crippen molar-refractivity contribution in [3.8, 4) is 17.9 Å². The van der Waals surface area contributed by atoms with Crippen LogP contribution in [0.25, 0.3) is 0 Å². The standard InChI is InChI=1S/C24H28N6O3/c25-14-18(15-26)23(27-19-6-7-21-17(13-19)8-12-33-21)28-20-5-1-2-11-30(24(20)32)16-22(31)29-9-3-4-10-29/h6-7,13,18,20H,1-5,8-12,16H2,(H,27,28)/t20-/m0/s1. The third-order valence-corrected chi connectivity index (χ3v) is 6.33. The summed E-state index contributed by atoms with van der Waals surface area (Å²) in [5.41, 5.74) is 1.73. The van der Waals surface area contributed by atoms with Gasteiger partial charge in [-0.05, 0) is 55.9 Å². The Morgan fingerprint density at radius 3 is 2.70 bits per heavy atom. The van der Waals surface area contributed by atoms with Gasteiger partial charge >= 0.3 is 0 Å². The molecule has 9 heteroatoms. The molecule has 1 aromatic rings. The Balaban J connectivity index is 1.54. The zero-order valence-electron chi connectivity index (χ0n) is 18.6. The molecule has 4 rings (SSSR count). The first-order valence-corrected chi connectivity index (χ1v) is 11.6. The van der Waals surface area contributed by atoms with E-state index in [4.69, 9.17) is 4.74 Å². The molecule has 1 N–H and O–H groups in total. The Morgan fingerprint density at radius 2 is 1.94 bits per heavy atom. The molecule has 0 saturated carbocycles. The smallest absolute Gasteiger partial charge is 0.247 e. The minimum atomic E-state index is -1.13. The van der Waals surface area contributed by atoms with Crippen molar-refractivity contribution in [2.24, 2.45) is 10.9 Å². The fourth-order valence-electron chi connectivity index (χ4n) is 4.50. The lowest BCUT2D eigenvalue weighted by Crippen LogP contribution is -2.45. The molecule has 3 aliphatic rings. The number of amidine groups is 1. The lowest BCUT2D eigenvalue weighted by molar-refractivity contribution is -0.140. The summed E-state index contributed by atoms with van der Waals surface area (Å²) < 4.78 is 5.53. The summed E-state index contributed by atoms with van der Waals surface area (Å²) in [4.78, 5) is 33.9. The van der Waals surface area contributed by atoms with Crippen LogP contribution in [0.5, 0.6) is 5.75 Å². The number of hydrogen-bond acceptors (Lipinski definition) is 6. The number of fused-ring (bicyclic) bond motifs is 1. The molecule has 33 heavy (non-hydrogen) atoms. The van der Waals surface area contributed by atoms with Gasteiger partial charge in [-0.1, -0.05) is 0 Å². The monoisotopic (exact) mass is 448 g/mol. The minimum Gasteiger partial charge on any atom is -0.493 e. The Morgan fingerprint density at radius 1 is 1.18 bits per heavy atom. The number of aliphatic imine (C=N–C) groups is 1. The molecule has 0 aromatic heterocycles. The van der Waals surface area contributed by atoms with E-state index < -0.39 is 12.0 Å². The van der Waals surface area contributed by atoms with Crippen LogP contribution in [0.3, 0.4) is 0 Å². The summed E-state index contributed by atoms with van der Waals surface area (Å²) in [6, 6.07) is 8.76. The normalized spacial score (nSPS) is 20.6. The third-order valence-electron chi connectivity index (χ3n) is 6.33. The number of ether oxygens (including phenoxy) is 1. The van der Waals surface area contributed by atoms with Crippen LogP contribution in [-0.4, -0.2) is 66.3 Å². The van der Waals surface area contributed by atoms with Crippen LogP contribution >= 0.6 is 0 Å². The molecule has 3 heterocycles. The van der Waals surface area contributed by atoms with Gasteiger partial charge in [-0.3, -0.25) is 14.6 Å². The van der Waals surface area contributed by atoms with Crippen LogP contribution < -0.4 is 10.1 Å². The summed E-state index contributed by atoms with van der Waals surface area (Å²) in [7, 11) is 0. The lowest BCUT2D eigenvalue weighted by Gasteiger charge is -2.25. The highest BCUT2D eigenvalue weighted by Crippen LogP contribution is 2.28. The average Bonchev–Trinajstić information content (AvgIpc) is 3.49. The van der Waals surface area contributed by atoms with Gasteiger partial charge in [0.25, 0.3) is 0 Å². The van der Waals surface area contributed by atoms with Crippen LogP contribution in [0.15, 0.2) is 23.2 Å². The summed E-state index contributed by atoms with van der Waals surface area (Å²) in [6.07, 6.45) is 4.87. The second-order valence-corrected chi connectivity index (χ2v) is 8.61. The van der Waals surface area contributed by atoms with E-state index in [1.165, 1.54) is 0 Å². The molecule has 2 fully saturated rings. The van der Waals surface area contributed by atoms with Crippen molar-refractivity contribution in [3.05, 3.63) is 23.8 Å². The van der Waals surface area contributed by atoms with Crippen LogP contribution in [0, 0.1) is 28.6 Å². The molecule has 3 aliphatic heterocycles. The lowest BCUT2D eigenvalue weighted by atomic mass is 10.1. The van der Waals surface area contributed by atoms with Gasteiger partial charge in [-0.2, -0.15) is 10.5 Å². The second-order valence-electron chi connectivity index (χ2n) is 8.61. The number of hydrogen-bond donors (Lipinski definition) is 1. The highest BCUT2D eigenvalue weighted by molar-refractivity contribution is 6.02. The first kappa shape index (κ1) is 22.6. The second kappa shape index (κ2) is 10.4. The molecule has 2 saturated heterocycles. The topological polar surface area (TPSA) is 122 Å². The van der Waals surface area contributed by atoms with Crippen molar-refractivity contribution in [1.82, 2.24) is 9.80 Å². The number of nitrogens with one attached hydrogen (secondary N) is 1. The van der Waals surface area contributed by atoms with E-state index in [-0.39, 0.29) is 24.2 Å². The van der Waals surface area contributed by atoms with Gasteiger partial charge in [0.15, 0.2) is 5.92 Å². The quantitative estimate of drug-likeness (QED) is 0.544. The number of likely N-dealkylation sites (tertiary alicyclic amines) is 2. The molecule has 0 aliphatic carbocycles. The summed E-state index contributed by atoms with van der Waals surface area (Å²) in [5, 5.41) is 22.1. The molecule has 0 radical (unpaired) electrons. The Bertz CT molecular complexity index is 1000. The van der Waals surface area contributed by atoms with Gasteiger partial charge in [0.05, 0.1) is 25.3 Å². The zero-order valence-corrected chi connectivity index (χ0v) is 18.6. The summed E-state index contributed by atoms with van der Waals surface area (Å²) >= 11 is 0. The summed E-state index contributed by atoms with van der Waals surface area (Å²) in [6.45, 7) is 2.68. The van der Waals surface area contributed by atoms with Crippen molar-refractivity contribution in [2.45, 2.75) is 44.6 Å². The third kappa shape index (κ3) is 5.25. The van der Waals surface area contributed by atoms with Gasteiger partial charge < -0.3 is 19.9 Å². The SMILES string of the molecule is N#CC(C#N)C(=N[C@H]1CCCCN(CC(=O)N2CCCC2)C1=O)Nc1ccc2c(c1)CCO2. The number of nitriles is 2. The highest BCUT2D eigenvalue weighted by Gasteiger charge is 2.31. The van der Waals surface area contributed by atoms with E-state index in [2.05, 4.69) is 10.3 Å². The van der Waals surface area contributed by atoms with E-state index in [1.54, 1.807) is 11.0 Å². The Labute approximate surface area is 193 Å². The maximum absolute atomic E-state index is 13.3. The van der Waals surface area contributed by atoms with Crippen molar-refractivity contribution < 1.29 is 14.3 Å². The molecular formula is C24H28N6O3. The minimum absolute atomic E-state index is 0.0314. The van der Waals surface area contributed by atoms with Crippen molar-refractivity contribution in [1.29, 1.82) is 10.5 Å². The Hall–Kier alpha value is -3.59. The predicted molar refractivity (Wildman–Crippen MR) is 121 cm³/mol. The van der Waals surface area contributed by atoms with Gasteiger partial charge in [0.1, 0.15) is 17.6 Å². The fourth-order valence-corrected chi connectivity index (χ4v) is 4.50. The number of nitrogens with zero attached hydrogens (tertiary/aromatic N) is 5. The van der Waals surface area contributed by atoms with Crippen LogP contribution in [-0.2, 0) is 16.0 Å². The van der Waals surface area contributed by atoms with E-state index in [0.717, 1.165) is 56.5 Å².